The number of aliphatic carboxylic acids is 1. The maximum absolute atomic E-state index is 15.3. The molecule has 184 valence electrons. The number of carboxylic acids is 1. The lowest BCUT2D eigenvalue weighted by Crippen LogP contribution is -2.59. The third-order valence-electron chi connectivity index (χ3n) is 7.18. The molecular formula is C26H26F2N2O5. The number of hydrogen-bond acceptors (Lipinski definition) is 4. The van der Waals surface area contributed by atoms with Gasteiger partial charge in [-0.25, -0.2) is 9.59 Å². The number of rotatable bonds is 7. The Bertz CT molecular complexity index is 1120. The van der Waals surface area contributed by atoms with Crippen molar-refractivity contribution in [3.8, 4) is 11.1 Å². The van der Waals surface area contributed by atoms with Gasteiger partial charge < -0.3 is 20.1 Å². The molecule has 5 rings (SSSR count). The van der Waals surface area contributed by atoms with Gasteiger partial charge in [-0.1, -0.05) is 48.5 Å². The smallest absolute Gasteiger partial charge is 0.407 e. The molecule has 0 spiro atoms. The maximum atomic E-state index is 15.3. The van der Waals surface area contributed by atoms with Gasteiger partial charge in [0.15, 0.2) is 0 Å². The lowest BCUT2D eigenvalue weighted by molar-refractivity contribution is -0.167. The second kappa shape index (κ2) is 8.94. The number of halogens is 2. The molecule has 0 bridgehead atoms. The number of carboxylic acid groups (broad SMARTS) is 1. The molecule has 1 saturated heterocycles. The molecule has 2 unspecified atom stereocenters. The fraction of sp³-hybridized carbons (Fsp3) is 0.423. The summed E-state index contributed by atoms with van der Waals surface area (Å²) in [4.78, 5) is 37.5. The normalized spacial score (nSPS) is 20.2. The molecule has 2 fully saturated rings. The highest BCUT2D eigenvalue weighted by molar-refractivity contribution is 5.90. The number of alkyl halides is 2. The molecule has 1 aliphatic heterocycles. The van der Waals surface area contributed by atoms with Crippen LogP contribution in [0.25, 0.3) is 11.1 Å². The SMILES string of the molecule is O=C(NC(C1CC1)C(F)(F)C(=O)N1CCCC1C(=O)O)OCC1c2ccccc2-c2ccccc21. The Morgan fingerprint density at radius 2 is 1.63 bits per heavy atom. The van der Waals surface area contributed by atoms with E-state index in [0.717, 1.165) is 27.2 Å². The molecule has 0 radical (unpaired) electrons. The summed E-state index contributed by atoms with van der Waals surface area (Å²) in [6.07, 6.45) is 0.337. The van der Waals surface area contributed by atoms with Crippen LogP contribution in [0, 0.1) is 5.92 Å². The van der Waals surface area contributed by atoms with Crippen LogP contribution in [0.15, 0.2) is 48.5 Å². The minimum Gasteiger partial charge on any atom is -0.480 e. The molecule has 7 nitrogen and oxygen atoms in total. The summed E-state index contributed by atoms with van der Waals surface area (Å²) in [5, 5.41) is 11.5. The van der Waals surface area contributed by atoms with E-state index in [2.05, 4.69) is 5.32 Å². The van der Waals surface area contributed by atoms with Gasteiger partial charge >= 0.3 is 18.0 Å². The Morgan fingerprint density at radius 3 is 2.20 bits per heavy atom. The highest BCUT2D eigenvalue weighted by atomic mass is 19.3. The average molecular weight is 484 g/mol. The average Bonchev–Trinajstić information content (AvgIpc) is 3.46. The summed E-state index contributed by atoms with van der Waals surface area (Å²) >= 11 is 0. The van der Waals surface area contributed by atoms with Crippen LogP contribution in [-0.2, 0) is 14.3 Å². The van der Waals surface area contributed by atoms with E-state index in [1.54, 1.807) is 0 Å². The molecular weight excluding hydrogens is 458 g/mol. The Labute approximate surface area is 201 Å². The van der Waals surface area contributed by atoms with Gasteiger partial charge in [0.05, 0.1) is 0 Å². The van der Waals surface area contributed by atoms with Crippen molar-refractivity contribution in [2.24, 2.45) is 5.92 Å². The second-order valence-corrected chi connectivity index (χ2v) is 9.40. The Balaban J connectivity index is 1.28. The standard InChI is InChI=1S/C26H26F2N2O5/c27-26(28,24(33)30-13-5-10-21(30)23(31)32)22(15-11-12-15)29-25(34)35-14-20-18-8-3-1-6-16(18)17-7-2-4-9-19(17)20/h1-4,6-9,15,20-22H,5,10-14H2,(H,29,34)(H,31,32). The number of fused-ring (bicyclic) bond motifs is 3. The van der Waals surface area contributed by atoms with Gasteiger partial charge in [-0.3, -0.25) is 4.79 Å². The van der Waals surface area contributed by atoms with Crippen LogP contribution >= 0.6 is 0 Å². The molecule has 2 aliphatic carbocycles. The number of alkyl carbamates (subject to hydrolysis) is 1. The molecule has 9 heteroatoms. The second-order valence-electron chi connectivity index (χ2n) is 9.40. The fourth-order valence-electron chi connectivity index (χ4n) is 5.29. The molecule has 2 aromatic carbocycles. The lowest BCUT2D eigenvalue weighted by Gasteiger charge is -2.31. The highest BCUT2D eigenvalue weighted by Gasteiger charge is 2.57. The predicted octanol–water partition coefficient (Wildman–Crippen LogP) is 4.01. The summed E-state index contributed by atoms with van der Waals surface area (Å²) < 4.78 is 36.0. The van der Waals surface area contributed by atoms with E-state index in [1.165, 1.54) is 0 Å². The number of carbonyl (C=O) groups is 3. The van der Waals surface area contributed by atoms with Crippen molar-refractivity contribution in [2.45, 2.75) is 49.6 Å². The lowest BCUT2D eigenvalue weighted by atomic mass is 9.98. The zero-order chi connectivity index (χ0) is 24.7. The molecule has 2 N–H and O–H groups in total. The van der Waals surface area contributed by atoms with Gasteiger partial charge in [0.25, 0.3) is 5.91 Å². The molecule has 2 amide bonds. The topological polar surface area (TPSA) is 95.9 Å². The van der Waals surface area contributed by atoms with E-state index in [4.69, 9.17) is 4.74 Å². The van der Waals surface area contributed by atoms with Crippen LogP contribution in [0.4, 0.5) is 13.6 Å². The minimum atomic E-state index is -3.94. The van der Waals surface area contributed by atoms with Gasteiger partial charge in [0, 0.05) is 12.5 Å². The molecule has 3 aliphatic rings. The quantitative estimate of drug-likeness (QED) is 0.619. The number of hydrogen-bond donors (Lipinski definition) is 2. The number of carbonyl (C=O) groups excluding carboxylic acids is 2. The monoisotopic (exact) mass is 484 g/mol. The third kappa shape index (κ3) is 4.24. The van der Waals surface area contributed by atoms with E-state index in [0.29, 0.717) is 19.3 Å². The predicted molar refractivity (Wildman–Crippen MR) is 122 cm³/mol. The number of nitrogens with one attached hydrogen (secondary N) is 1. The van der Waals surface area contributed by atoms with Gasteiger partial charge in [-0.05, 0) is 53.9 Å². The largest absolute Gasteiger partial charge is 0.480 e. The molecule has 0 aromatic heterocycles. The van der Waals surface area contributed by atoms with E-state index >= 15 is 8.78 Å². The van der Waals surface area contributed by atoms with Gasteiger partial charge in [-0.15, -0.1) is 0 Å². The van der Waals surface area contributed by atoms with Crippen molar-refractivity contribution in [2.75, 3.05) is 13.2 Å². The molecule has 1 saturated carbocycles. The molecule has 1 heterocycles. The van der Waals surface area contributed by atoms with E-state index in [1.807, 2.05) is 48.5 Å². The van der Waals surface area contributed by atoms with E-state index < -0.39 is 41.9 Å². The van der Waals surface area contributed by atoms with Gasteiger partial charge in [0.1, 0.15) is 18.7 Å². The Kier molecular flexibility index (Phi) is 5.94. The maximum Gasteiger partial charge on any atom is 0.407 e. The van der Waals surface area contributed by atoms with Crippen LogP contribution in [0.1, 0.15) is 42.7 Å². The minimum absolute atomic E-state index is 0.0377. The molecule has 35 heavy (non-hydrogen) atoms. The van der Waals surface area contributed by atoms with Crippen molar-refractivity contribution < 1.29 is 33.0 Å². The van der Waals surface area contributed by atoms with Gasteiger partial charge in [-0.2, -0.15) is 8.78 Å². The number of ether oxygens (including phenoxy) is 1. The van der Waals surface area contributed by atoms with E-state index in [9.17, 15) is 19.5 Å². The van der Waals surface area contributed by atoms with Crippen LogP contribution in [0.3, 0.4) is 0 Å². The first kappa shape index (κ1) is 23.3. The zero-order valence-electron chi connectivity index (χ0n) is 19.0. The summed E-state index contributed by atoms with van der Waals surface area (Å²) in [7, 11) is 0. The zero-order valence-corrected chi connectivity index (χ0v) is 19.0. The first-order chi connectivity index (χ1) is 16.8. The first-order valence-electron chi connectivity index (χ1n) is 11.8. The number of amides is 2. The third-order valence-corrected chi connectivity index (χ3v) is 7.18. The number of likely N-dealkylation sites (tertiary alicyclic amines) is 1. The van der Waals surface area contributed by atoms with Crippen molar-refractivity contribution in [1.82, 2.24) is 10.2 Å². The summed E-state index contributed by atoms with van der Waals surface area (Å²) in [5.41, 5.74) is 4.08. The Morgan fingerprint density at radius 1 is 1.03 bits per heavy atom. The van der Waals surface area contributed by atoms with E-state index in [-0.39, 0.29) is 25.5 Å². The van der Waals surface area contributed by atoms with Crippen LogP contribution in [-0.4, -0.2) is 59.1 Å². The number of benzene rings is 2. The van der Waals surface area contributed by atoms with Crippen molar-refractivity contribution >= 4 is 18.0 Å². The fourth-order valence-corrected chi connectivity index (χ4v) is 5.29. The van der Waals surface area contributed by atoms with Crippen LogP contribution in [0.5, 0.6) is 0 Å². The first-order valence-corrected chi connectivity index (χ1v) is 11.8. The highest BCUT2D eigenvalue weighted by Crippen LogP contribution is 2.45. The molecule has 2 aromatic rings. The van der Waals surface area contributed by atoms with Gasteiger partial charge in [0.2, 0.25) is 0 Å². The van der Waals surface area contributed by atoms with Crippen molar-refractivity contribution in [3.63, 3.8) is 0 Å². The summed E-state index contributed by atoms with van der Waals surface area (Å²) in [5.74, 6) is -7.60. The van der Waals surface area contributed by atoms with Crippen LogP contribution < -0.4 is 5.32 Å². The Hall–Kier alpha value is -3.49. The molecule has 2 atom stereocenters. The van der Waals surface area contributed by atoms with Crippen LogP contribution in [0.2, 0.25) is 0 Å². The van der Waals surface area contributed by atoms with Crippen molar-refractivity contribution in [3.05, 3.63) is 59.7 Å². The summed E-state index contributed by atoms with van der Waals surface area (Å²) in [6, 6.07) is 12.5. The van der Waals surface area contributed by atoms with Crippen molar-refractivity contribution in [1.29, 1.82) is 0 Å². The number of nitrogens with zero attached hydrogens (tertiary/aromatic N) is 1. The summed E-state index contributed by atoms with van der Waals surface area (Å²) in [6.45, 7) is -0.0856.